The topological polar surface area (TPSA) is 155 Å². The van der Waals surface area contributed by atoms with Gasteiger partial charge < -0.3 is 13.3 Å². The first-order valence-corrected chi connectivity index (χ1v) is 43.1. The fourth-order valence-corrected chi connectivity index (χ4v) is 18.6. The molecule has 6 heterocycles. The van der Waals surface area contributed by atoms with E-state index in [1.54, 1.807) is 0 Å². The summed E-state index contributed by atoms with van der Waals surface area (Å²) in [5.41, 5.74) is 23.6. The van der Waals surface area contributed by atoms with Gasteiger partial charge in [0.15, 0.2) is 52.4 Å². The first kappa shape index (κ1) is 74.1. The van der Waals surface area contributed by atoms with Crippen LogP contribution in [0.1, 0.15) is 0 Å². The van der Waals surface area contributed by atoms with Crippen LogP contribution in [0.25, 0.3) is 267 Å². The molecule has 12 nitrogen and oxygen atoms in total. The Morgan fingerprint density at radius 1 is 0.132 bits per heavy atom. The smallest absolute Gasteiger partial charge is 0.164 e. The summed E-state index contributed by atoms with van der Waals surface area (Å²) in [5.74, 6) is 4.56. The normalized spacial score (nSPS) is 11.7. The van der Waals surface area contributed by atoms with E-state index in [0.717, 1.165) is 166 Å². The Balaban J connectivity index is 0.645. The predicted molar refractivity (Wildman–Crippen MR) is 522 cm³/mol. The van der Waals surface area contributed by atoms with Gasteiger partial charge in [-0.05, 0) is 173 Å². The number of aromatic nitrogens is 9. The summed E-state index contributed by atoms with van der Waals surface area (Å²) in [6.45, 7) is 0. The summed E-state index contributed by atoms with van der Waals surface area (Å²) in [5, 5.41) is 12.4. The maximum atomic E-state index is 7.35. The molecule has 0 aliphatic rings. The monoisotopic (exact) mass is 1650 g/mol. The van der Waals surface area contributed by atoms with Crippen LogP contribution in [0.3, 0.4) is 0 Å². The van der Waals surface area contributed by atoms with E-state index in [9.17, 15) is 0 Å². The molecular weight excluding hydrogens is 1580 g/mol. The molecule has 25 aromatic rings. The van der Waals surface area contributed by atoms with Gasteiger partial charge in [-0.15, -0.1) is 0 Å². The Labute approximate surface area is 739 Å². The average Bonchev–Trinajstić information content (AvgIpc) is 1.63. The molecule has 12 heteroatoms. The highest BCUT2D eigenvalue weighted by Crippen LogP contribution is 2.49. The molecule has 0 bridgehead atoms. The van der Waals surface area contributed by atoms with E-state index in [0.29, 0.717) is 74.8 Å². The molecule has 0 aliphatic heterocycles. The summed E-state index contributed by atoms with van der Waals surface area (Å²) < 4.78 is 21.3. The molecule has 0 radical (unpaired) electrons. The molecule has 0 unspecified atom stereocenters. The van der Waals surface area contributed by atoms with Gasteiger partial charge in [0.05, 0.1) is 0 Å². The quantitative estimate of drug-likeness (QED) is 0.0959. The van der Waals surface area contributed by atoms with Gasteiger partial charge >= 0.3 is 0 Å². The van der Waals surface area contributed by atoms with Gasteiger partial charge in [0.25, 0.3) is 0 Å². The van der Waals surface area contributed by atoms with Crippen LogP contribution in [0.5, 0.6) is 0 Å². The second kappa shape index (κ2) is 30.7. The van der Waals surface area contributed by atoms with Crippen LogP contribution in [0.15, 0.2) is 432 Å². The lowest BCUT2D eigenvalue weighted by atomic mass is 9.94. The highest BCUT2D eigenvalue weighted by molar-refractivity contribution is 6.19. The number of benzene rings is 19. The van der Waals surface area contributed by atoms with Gasteiger partial charge in [0.2, 0.25) is 0 Å². The molecule has 6 aromatic heterocycles. The van der Waals surface area contributed by atoms with Gasteiger partial charge in [0.1, 0.15) is 33.5 Å². The van der Waals surface area contributed by atoms with Crippen molar-refractivity contribution in [2.75, 3.05) is 0 Å². The number of hydrogen-bond donors (Lipinski definition) is 0. The predicted octanol–water partition coefficient (Wildman–Crippen LogP) is 30.4. The van der Waals surface area contributed by atoms with Crippen molar-refractivity contribution in [3.05, 3.63) is 419 Å². The molecule has 0 spiro atoms. The number of rotatable bonds is 15. The molecule has 19 aromatic carbocycles. The van der Waals surface area contributed by atoms with E-state index >= 15 is 0 Å². The highest BCUT2D eigenvalue weighted by atomic mass is 16.3. The summed E-state index contributed by atoms with van der Waals surface area (Å²) in [6, 6.07) is 145. The summed E-state index contributed by atoms with van der Waals surface area (Å²) in [4.78, 5) is 48.5. The van der Waals surface area contributed by atoms with Crippen LogP contribution in [0.2, 0.25) is 0 Å². The fraction of sp³-hybridized carbons (Fsp3) is 0. The van der Waals surface area contributed by atoms with E-state index < -0.39 is 0 Å². The Bertz CT molecular complexity index is 8750. The molecule has 0 amide bonds. The van der Waals surface area contributed by atoms with Crippen LogP contribution in [-0.2, 0) is 0 Å². The van der Waals surface area contributed by atoms with Crippen molar-refractivity contribution >= 4 is 98.1 Å². The molecule has 0 N–H and O–H groups in total. The van der Waals surface area contributed by atoms with Crippen molar-refractivity contribution in [2.45, 2.75) is 0 Å². The Morgan fingerprint density at radius 2 is 0.434 bits per heavy atom. The minimum atomic E-state index is 0.454. The van der Waals surface area contributed by atoms with Gasteiger partial charge in [-0.25, -0.2) is 44.9 Å². The van der Waals surface area contributed by atoms with Crippen LogP contribution < -0.4 is 0 Å². The Morgan fingerprint density at radius 3 is 0.930 bits per heavy atom. The van der Waals surface area contributed by atoms with Crippen LogP contribution >= 0.6 is 0 Å². The molecular formula is C117H69N9O3. The van der Waals surface area contributed by atoms with Gasteiger partial charge in [0, 0.05) is 93.5 Å². The van der Waals surface area contributed by atoms with Crippen molar-refractivity contribution in [3.8, 4) is 169 Å². The Kier molecular flexibility index (Phi) is 17.6. The van der Waals surface area contributed by atoms with Crippen LogP contribution in [0.4, 0.5) is 0 Å². The molecule has 0 fully saturated rings. The van der Waals surface area contributed by atoms with Crippen molar-refractivity contribution in [2.24, 2.45) is 0 Å². The third-order valence-corrected chi connectivity index (χ3v) is 24.9. The van der Waals surface area contributed by atoms with Crippen molar-refractivity contribution < 1.29 is 13.3 Å². The van der Waals surface area contributed by atoms with Crippen molar-refractivity contribution in [1.82, 2.24) is 44.9 Å². The average molecular weight is 1650 g/mol. The van der Waals surface area contributed by atoms with Crippen LogP contribution in [0, 0.1) is 0 Å². The largest absolute Gasteiger partial charge is 0.456 e. The minimum absolute atomic E-state index is 0.454. The highest BCUT2D eigenvalue weighted by Gasteiger charge is 2.27. The third-order valence-electron chi connectivity index (χ3n) is 24.9. The van der Waals surface area contributed by atoms with Crippen LogP contribution in [-0.4, -0.2) is 44.9 Å². The second-order valence-corrected chi connectivity index (χ2v) is 32.6. The molecule has 129 heavy (non-hydrogen) atoms. The van der Waals surface area contributed by atoms with E-state index in [4.69, 9.17) is 58.1 Å². The van der Waals surface area contributed by atoms with E-state index in [1.165, 1.54) is 27.1 Å². The lowest BCUT2D eigenvalue weighted by Crippen LogP contribution is -2.01. The van der Waals surface area contributed by atoms with Crippen molar-refractivity contribution in [1.29, 1.82) is 0 Å². The SMILES string of the molecule is c1ccc(-c2nc(-c3cccc(-c4ccc(-c5nc(-c6ccccc6)nc(-c6cccc(-c7ccc(-c8nc(-c9ccccc9)nc(-c9ccccc9)n8)c8c7oc7ccc(-c9ccc(-c%10cccc%11ccccc%10%11)cc9)cc78)c6)n5)c5c4oc4ccc(-c6ccc7ccccc7c6)cc45)c3)nc(-c3cccc4oc5ccc(-c6cccc7ccccc67)cc5c34)n2)cc1. The lowest BCUT2D eigenvalue weighted by Gasteiger charge is -2.13. The number of furan rings is 3. The van der Waals surface area contributed by atoms with E-state index in [1.807, 2.05) is 133 Å². The number of fused-ring (bicyclic) bond motifs is 12. The Hall–Kier alpha value is -17.6. The summed E-state index contributed by atoms with van der Waals surface area (Å²) >= 11 is 0. The van der Waals surface area contributed by atoms with Gasteiger partial charge in [-0.2, -0.15) is 0 Å². The second-order valence-electron chi connectivity index (χ2n) is 32.6. The maximum Gasteiger partial charge on any atom is 0.164 e. The zero-order valence-electron chi connectivity index (χ0n) is 69.1. The molecule has 0 saturated carbocycles. The van der Waals surface area contributed by atoms with Gasteiger partial charge in [-0.1, -0.05) is 334 Å². The molecule has 0 aliphatic carbocycles. The van der Waals surface area contributed by atoms with Gasteiger partial charge in [-0.3, -0.25) is 0 Å². The number of hydrogen-bond acceptors (Lipinski definition) is 12. The maximum absolute atomic E-state index is 7.35. The summed E-state index contributed by atoms with van der Waals surface area (Å²) in [7, 11) is 0. The zero-order valence-corrected chi connectivity index (χ0v) is 69.1. The summed E-state index contributed by atoms with van der Waals surface area (Å²) in [6.07, 6.45) is 0. The molecule has 600 valence electrons. The molecule has 25 rings (SSSR count). The molecule has 0 atom stereocenters. The minimum Gasteiger partial charge on any atom is -0.456 e. The fourth-order valence-electron chi connectivity index (χ4n) is 18.6. The standard InChI is InChI=1S/C117H69N9O3/c1-5-27-75(28-6-1)109-118-110(76-29-7-2-8-30-76)123-116(122-109)95-59-57-92(107-105(95)98-67-81(54-61-101(98)128-107)71-48-51-74(52-49-71)90-44-21-36-72-25-15-17-42-88(72)90)84-39-20-41-87(66-84)114-120-112(78-33-11-4-12-34-78)124-117(126-114)96-60-58-93(108-106(96)99-68-82(55-62-102(99)129-108)80-53-50-70-24-13-14-35-79(70)64-80)83-38-19-40-86(65-83)113-119-111(77-31-9-3-10-32-77)121-115(125-113)94-46-23-47-103-104(94)97-69-85(56-63-100(97)127-103)91-45-22-37-73-26-16-18-43-89(73)91/h1-69H. The van der Waals surface area contributed by atoms with E-state index in [-0.39, 0.29) is 0 Å². The zero-order chi connectivity index (χ0) is 85.0. The first-order valence-electron chi connectivity index (χ1n) is 43.1. The first-order chi connectivity index (χ1) is 63.9. The lowest BCUT2D eigenvalue weighted by molar-refractivity contribution is 0.669. The third kappa shape index (κ3) is 13.2. The van der Waals surface area contributed by atoms with Crippen molar-refractivity contribution in [3.63, 3.8) is 0 Å². The number of nitrogens with zero attached hydrogens (tertiary/aromatic N) is 9. The van der Waals surface area contributed by atoms with E-state index in [2.05, 4.69) is 285 Å². The molecule has 0 saturated heterocycles.